The number of hydroxylamine groups is 1. The maximum absolute atomic E-state index is 13.5. The molecule has 6 nitrogen and oxygen atoms in total. The van der Waals surface area contributed by atoms with Crippen LogP contribution in [-0.2, 0) is 14.3 Å². The van der Waals surface area contributed by atoms with Crippen molar-refractivity contribution in [1.82, 2.24) is 5.17 Å². The van der Waals surface area contributed by atoms with E-state index >= 15 is 0 Å². The van der Waals surface area contributed by atoms with Gasteiger partial charge in [0.25, 0.3) is 5.91 Å². The van der Waals surface area contributed by atoms with Gasteiger partial charge >= 0.3 is 0 Å². The molecular formula is C18H17ClF3IN2O4. The molecule has 0 spiro atoms. The fourth-order valence-corrected chi connectivity index (χ4v) is 2.96. The first-order valence-corrected chi connectivity index (χ1v) is 9.69. The number of amides is 1. The standard InChI is InChI=1S/C18H17ClF3IN2O4/c1-27-4-5-28-6-7-29-25(24-16-3-2-12(23)10-13(16)19)18(26)11-8-14(20)17(22)15(21)9-11/h2-3,8-10,24H,4-7H2,1H3. The maximum Gasteiger partial charge on any atom is 0.297 e. The highest BCUT2D eigenvalue weighted by molar-refractivity contribution is 14.1. The zero-order chi connectivity index (χ0) is 21.4. The van der Waals surface area contributed by atoms with Gasteiger partial charge in [-0.3, -0.25) is 10.2 Å². The minimum Gasteiger partial charge on any atom is -0.382 e. The zero-order valence-corrected chi connectivity index (χ0v) is 18.1. The van der Waals surface area contributed by atoms with E-state index < -0.39 is 28.9 Å². The third-order valence-electron chi connectivity index (χ3n) is 3.45. The summed E-state index contributed by atoms with van der Waals surface area (Å²) in [7, 11) is 1.52. The number of hydrogen-bond acceptors (Lipinski definition) is 5. The number of methoxy groups -OCH3 is 1. The predicted molar refractivity (Wildman–Crippen MR) is 109 cm³/mol. The van der Waals surface area contributed by atoms with E-state index in [0.29, 0.717) is 36.2 Å². The van der Waals surface area contributed by atoms with E-state index in [9.17, 15) is 18.0 Å². The lowest BCUT2D eigenvalue weighted by Gasteiger charge is -2.24. The number of anilines is 1. The van der Waals surface area contributed by atoms with Crippen LogP contribution in [0.2, 0.25) is 5.02 Å². The molecule has 0 radical (unpaired) electrons. The average Bonchev–Trinajstić information content (AvgIpc) is 2.68. The van der Waals surface area contributed by atoms with Crippen LogP contribution >= 0.6 is 34.2 Å². The Bertz CT molecular complexity index is 837. The Morgan fingerprint density at radius 2 is 1.76 bits per heavy atom. The fourth-order valence-electron chi connectivity index (χ4n) is 2.06. The number of ether oxygens (including phenoxy) is 2. The Labute approximate surface area is 183 Å². The normalized spacial score (nSPS) is 10.8. The predicted octanol–water partition coefficient (Wildman–Crippen LogP) is 4.43. The number of carbonyl (C=O) groups is 1. The molecule has 0 saturated heterocycles. The summed E-state index contributed by atoms with van der Waals surface area (Å²) < 4.78 is 51.2. The molecule has 2 rings (SSSR count). The number of nitrogens with zero attached hydrogens (tertiary/aromatic N) is 1. The molecule has 0 bridgehead atoms. The van der Waals surface area contributed by atoms with Gasteiger partial charge in [-0.25, -0.2) is 18.0 Å². The van der Waals surface area contributed by atoms with Crippen molar-refractivity contribution in [3.63, 3.8) is 0 Å². The minimum absolute atomic E-state index is 0.0728. The SMILES string of the molecule is COCCOCCON(Nc1ccc(I)cc1Cl)C(=O)c1cc(F)c(F)c(F)c1. The lowest BCUT2D eigenvalue weighted by molar-refractivity contribution is -0.121. The first-order valence-electron chi connectivity index (χ1n) is 8.23. The van der Waals surface area contributed by atoms with Crippen molar-refractivity contribution in [3.8, 4) is 0 Å². The summed E-state index contributed by atoms with van der Waals surface area (Å²) in [5, 5.41) is 0.936. The Kier molecular flexibility index (Phi) is 9.43. The number of nitrogens with one attached hydrogen (secondary N) is 1. The molecule has 0 aliphatic heterocycles. The van der Waals surface area contributed by atoms with Crippen molar-refractivity contribution in [2.24, 2.45) is 0 Å². The highest BCUT2D eigenvalue weighted by Gasteiger charge is 2.22. The van der Waals surface area contributed by atoms with E-state index in [0.717, 1.165) is 3.57 Å². The Hall–Kier alpha value is -1.60. The van der Waals surface area contributed by atoms with Crippen LogP contribution < -0.4 is 5.43 Å². The third kappa shape index (κ3) is 7.00. The van der Waals surface area contributed by atoms with E-state index in [4.69, 9.17) is 25.9 Å². The molecule has 0 unspecified atom stereocenters. The Morgan fingerprint density at radius 3 is 2.38 bits per heavy atom. The third-order valence-corrected chi connectivity index (χ3v) is 4.43. The highest BCUT2D eigenvalue weighted by atomic mass is 127. The zero-order valence-electron chi connectivity index (χ0n) is 15.2. The topological polar surface area (TPSA) is 60.0 Å². The van der Waals surface area contributed by atoms with Gasteiger partial charge < -0.3 is 9.47 Å². The number of hydrogen-bond donors (Lipinski definition) is 1. The summed E-state index contributed by atoms with van der Waals surface area (Å²) in [4.78, 5) is 18.0. The van der Waals surface area contributed by atoms with Gasteiger partial charge in [-0.2, -0.15) is 0 Å². The monoisotopic (exact) mass is 544 g/mol. The van der Waals surface area contributed by atoms with Crippen LogP contribution in [0.25, 0.3) is 0 Å². The number of carbonyl (C=O) groups excluding carboxylic acids is 1. The molecule has 0 aromatic heterocycles. The van der Waals surface area contributed by atoms with E-state index in [1.807, 2.05) is 0 Å². The lowest BCUT2D eigenvalue weighted by Crippen LogP contribution is -2.37. The van der Waals surface area contributed by atoms with Gasteiger partial charge in [0.2, 0.25) is 0 Å². The van der Waals surface area contributed by atoms with Crippen molar-refractivity contribution >= 4 is 45.8 Å². The molecule has 29 heavy (non-hydrogen) atoms. The van der Waals surface area contributed by atoms with E-state index in [1.54, 1.807) is 18.2 Å². The van der Waals surface area contributed by atoms with Gasteiger partial charge in [0.15, 0.2) is 17.5 Å². The van der Waals surface area contributed by atoms with Gasteiger partial charge in [0.1, 0.15) is 6.61 Å². The summed E-state index contributed by atoms with van der Waals surface area (Å²) in [5.74, 6) is -5.63. The van der Waals surface area contributed by atoms with Crippen molar-refractivity contribution in [2.75, 3.05) is 39.0 Å². The van der Waals surface area contributed by atoms with Crippen LogP contribution in [0.1, 0.15) is 10.4 Å². The number of hydrazine groups is 1. The molecule has 0 aliphatic carbocycles. The van der Waals surface area contributed by atoms with Crippen LogP contribution in [0, 0.1) is 21.0 Å². The summed E-state index contributed by atoms with van der Waals surface area (Å²) in [6, 6.07) is 6.10. The summed E-state index contributed by atoms with van der Waals surface area (Å²) in [5.41, 5.74) is 2.48. The maximum atomic E-state index is 13.5. The van der Waals surface area contributed by atoms with Gasteiger partial charge in [-0.15, -0.1) is 5.17 Å². The van der Waals surface area contributed by atoms with E-state index in [2.05, 4.69) is 28.0 Å². The van der Waals surface area contributed by atoms with Crippen LogP contribution in [0.15, 0.2) is 30.3 Å². The molecule has 2 aromatic rings. The molecule has 0 atom stereocenters. The number of rotatable bonds is 10. The first-order chi connectivity index (χ1) is 13.8. The smallest absolute Gasteiger partial charge is 0.297 e. The molecule has 1 N–H and O–H groups in total. The molecule has 11 heteroatoms. The summed E-state index contributed by atoms with van der Waals surface area (Å²) in [6.07, 6.45) is 0. The Balaban J connectivity index is 2.17. The van der Waals surface area contributed by atoms with E-state index in [-0.39, 0.29) is 18.2 Å². The minimum atomic E-state index is -1.67. The molecule has 158 valence electrons. The molecular weight excluding hydrogens is 528 g/mol. The molecule has 2 aromatic carbocycles. The number of benzene rings is 2. The van der Waals surface area contributed by atoms with Crippen molar-refractivity contribution in [2.45, 2.75) is 0 Å². The van der Waals surface area contributed by atoms with Gasteiger partial charge in [-0.05, 0) is 52.9 Å². The molecule has 0 aliphatic rings. The molecule has 0 heterocycles. The van der Waals surface area contributed by atoms with E-state index in [1.165, 1.54) is 7.11 Å². The van der Waals surface area contributed by atoms with Gasteiger partial charge in [0.05, 0.1) is 30.5 Å². The summed E-state index contributed by atoms with van der Waals surface area (Å²) in [6.45, 7) is 0.740. The fraction of sp³-hybridized carbons (Fsp3) is 0.278. The average molecular weight is 545 g/mol. The second kappa shape index (κ2) is 11.6. The quantitative estimate of drug-likeness (QED) is 0.208. The lowest BCUT2D eigenvalue weighted by atomic mass is 10.2. The Morgan fingerprint density at radius 1 is 1.10 bits per heavy atom. The van der Waals surface area contributed by atoms with Crippen LogP contribution in [-0.4, -0.2) is 44.6 Å². The highest BCUT2D eigenvalue weighted by Crippen LogP contribution is 2.25. The first kappa shape index (κ1) is 23.7. The molecule has 0 saturated carbocycles. The van der Waals surface area contributed by atoms with Gasteiger partial charge in [-0.1, -0.05) is 11.6 Å². The largest absolute Gasteiger partial charge is 0.382 e. The van der Waals surface area contributed by atoms with Crippen LogP contribution in [0.5, 0.6) is 0 Å². The second-order valence-electron chi connectivity index (χ2n) is 5.53. The molecule has 1 amide bonds. The summed E-state index contributed by atoms with van der Waals surface area (Å²) >= 11 is 8.20. The van der Waals surface area contributed by atoms with Crippen molar-refractivity contribution in [1.29, 1.82) is 0 Å². The van der Waals surface area contributed by atoms with Crippen LogP contribution in [0.4, 0.5) is 18.9 Å². The number of halogens is 5. The van der Waals surface area contributed by atoms with Crippen molar-refractivity contribution in [3.05, 3.63) is 61.9 Å². The molecule has 0 fully saturated rings. The second-order valence-corrected chi connectivity index (χ2v) is 7.18. The van der Waals surface area contributed by atoms with Crippen molar-refractivity contribution < 1.29 is 32.3 Å². The van der Waals surface area contributed by atoms with Crippen LogP contribution in [0.3, 0.4) is 0 Å². The van der Waals surface area contributed by atoms with Gasteiger partial charge in [0, 0.05) is 16.2 Å².